The predicted octanol–water partition coefficient (Wildman–Crippen LogP) is 2.99. The van der Waals surface area contributed by atoms with Crippen LogP contribution in [0.1, 0.15) is 40.0 Å². The molecule has 0 bridgehead atoms. The van der Waals surface area contributed by atoms with Crippen LogP contribution in [0.5, 0.6) is 0 Å². The molecule has 19 heavy (non-hydrogen) atoms. The van der Waals surface area contributed by atoms with E-state index in [0.717, 1.165) is 23.9 Å². The van der Waals surface area contributed by atoms with Gasteiger partial charge < -0.3 is 0 Å². The van der Waals surface area contributed by atoms with Crippen molar-refractivity contribution in [2.24, 2.45) is 43.6 Å². The maximum absolute atomic E-state index is 4.74. The van der Waals surface area contributed by atoms with Crippen LogP contribution in [0.4, 0.5) is 0 Å². The lowest BCUT2D eigenvalue weighted by molar-refractivity contribution is 0.406. The SMILES string of the molecule is CN=C1N=C2N=C3N=C(C)C(C)CC3CC2CC1C. The number of hydrogen-bond acceptors (Lipinski definition) is 3. The first-order valence-corrected chi connectivity index (χ1v) is 7.27. The van der Waals surface area contributed by atoms with Crippen molar-refractivity contribution in [3.05, 3.63) is 0 Å². The monoisotopic (exact) mass is 258 g/mol. The Balaban J connectivity index is 1.98. The van der Waals surface area contributed by atoms with E-state index in [4.69, 9.17) is 9.98 Å². The van der Waals surface area contributed by atoms with E-state index in [1.165, 1.54) is 18.6 Å². The Morgan fingerprint density at radius 3 is 2.21 bits per heavy atom. The van der Waals surface area contributed by atoms with Crippen LogP contribution in [0.3, 0.4) is 0 Å². The maximum Gasteiger partial charge on any atom is 0.135 e. The van der Waals surface area contributed by atoms with Crippen LogP contribution >= 0.6 is 0 Å². The molecule has 3 heterocycles. The molecule has 0 aliphatic carbocycles. The van der Waals surface area contributed by atoms with Gasteiger partial charge in [-0.15, -0.1) is 0 Å². The van der Waals surface area contributed by atoms with Crippen LogP contribution in [0, 0.1) is 23.7 Å². The summed E-state index contributed by atoms with van der Waals surface area (Å²) < 4.78 is 0. The summed E-state index contributed by atoms with van der Waals surface area (Å²) in [6.07, 6.45) is 3.50. The van der Waals surface area contributed by atoms with Gasteiger partial charge in [0.05, 0.1) is 0 Å². The summed E-state index contributed by atoms with van der Waals surface area (Å²) in [5.74, 6) is 5.02. The summed E-state index contributed by atoms with van der Waals surface area (Å²) in [6, 6.07) is 0. The second kappa shape index (κ2) is 4.66. The zero-order valence-electron chi connectivity index (χ0n) is 12.2. The molecule has 3 aliphatic rings. The van der Waals surface area contributed by atoms with Crippen molar-refractivity contribution in [3.63, 3.8) is 0 Å². The highest BCUT2D eigenvalue weighted by Gasteiger charge is 2.37. The van der Waals surface area contributed by atoms with Crippen molar-refractivity contribution in [1.29, 1.82) is 0 Å². The van der Waals surface area contributed by atoms with Crippen LogP contribution in [0.2, 0.25) is 0 Å². The molecule has 0 N–H and O–H groups in total. The van der Waals surface area contributed by atoms with Crippen LogP contribution in [-0.2, 0) is 0 Å². The number of hydrogen-bond donors (Lipinski definition) is 0. The van der Waals surface area contributed by atoms with E-state index in [1.54, 1.807) is 0 Å². The van der Waals surface area contributed by atoms with Crippen LogP contribution in [0.15, 0.2) is 20.0 Å². The van der Waals surface area contributed by atoms with Crippen molar-refractivity contribution >= 4 is 23.2 Å². The Morgan fingerprint density at radius 1 is 0.895 bits per heavy atom. The molecule has 0 aromatic heterocycles. The molecule has 0 fully saturated rings. The Hall–Kier alpha value is -1.32. The van der Waals surface area contributed by atoms with Gasteiger partial charge in [-0.25, -0.2) is 15.0 Å². The third-order valence-corrected chi connectivity index (χ3v) is 4.71. The largest absolute Gasteiger partial charge is 0.274 e. The highest BCUT2D eigenvalue weighted by Crippen LogP contribution is 2.36. The third kappa shape index (κ3) is 2.17. The zero-order valence-corrected chi connectivity index (χ0v) is 12.2. The fraction of sp³-hybridized carbons (Fsp3) is 0.733. The smallest absolute Gasteiger partial charge is 0.135 e. The number of aliphatic imine (C=N–C) groups is 4. The Kier molecular flexibility index (Phi) is 3.11. The lowest BCUT2D eigenvalue weighted by Gasteiger charge is -2.36. The van der Waals surface area contributed by atoms with Gasteiger partial charge in [0.1, 0.15) is 17.5 Å². The van der Waals surface area contributed by atoms with E-state index in [1.807, 2.05) is 7.05 Å². The van der Waals surface area contributed by atoms with Crippen LogP contribution < -0.4 is 0 Å². The van der Waals surface area contributed by atoms with Gasteiger partial charge in [0.15, 0.2) is 0 Å². The minimum Gasteiger partial charge on any atom is -0.274 e. The molecular formula is C15H22N4. The van der Waals surface area contributed by atoms with Gasteiger partial charge in [0.25, 0.3) is 0 Å². The quantitative estimate of drug-likeness (QED) is 0.641. The molecule has 3 rings (SSSR count). The van der Waals surface area contributed by atoms with Gasteiger partial charge >= 0.3 is 0 Å². The minimum absolute atomic E-state index is 0.460. The Morgan fingerprint density at radius 2 is 1.53 bits per heavy atom. The minimum atomic E-state index is 0.460. The first-order valence-electron chi connectivity index (χ1n) is 7.27. The van der Waals surface area contributed by atoms with E-state index < -0.39 is 0 Å². The van der Waals surface area contributed by atoms with Crippen molar-refractivity contribution in [3.8, 4) is 0 Å². The summed E-state index contributed by atoms with van der Waals surface area (Å²) in [4.78, 5) is 18.4. The van der Waals surface area contributed by atoms with Crippen LogP contribution in [-0.4, -0.2) is 30.3 Å². The molecule has 3 aliphatic heterocycles. The van der Waals surface area contributed by atoms with Crippen molar-refractivity contribution in [2.75, 3.05) is 7.05 Å². The summed E-state index contributed by atoms with van der Waals surface area (Å²) in [5, 5.41) is 0. The lowest BCUT2D eigenvalue weighted by atomic mass is 9.77. The maximum atomic E-state index is 4.74. The normalized spacial score (nSPS) is 40.0. The summed E-state index contributed by atoms with van der Waals surface area (Å²) in [5.41, 5.74) is 1.21. The molecule has 0 radical (unpaired) electrons. The molecule has 4 atom stereocenters. The van der Waals surface area contributed by atoms with Gasteiger partial charge in [-0.3, -0.25) is 4.99 Å². The summed E-state index contributed by atoms with van der Waals surface area (Å²) in [6.45, 7) is 6.59. The third-order valence-electron chi connectivity index (χ3n) is 4.71. The first kappa shape index (κ1) is 12.7. The molecule has 4 nitrogen and oxygen atoms in total. The topological polar surface area (TPSA) is 49.4 Å². The fourth-order valence-electron chi connectivity index (χ4n) is 3.41. The van der Waals surface area contributed by atoms with E-state index >= 15 is 0 Å². The van der Waals surface area contributed by atoms with E-state index in [9.17, 15) is 0 Å². The lowest BCUT2D eigenvalue weighted by Crippen LogP contribution is -2.38. The molecule has 0 aromatic rings. The van der Waals surface area contributed by atoms with E-state index in [-0.39, 0.29) is 0 Å². The molecule has 0 amide bonds. The molecule has 4 heteroatoms. The van der Waals surface area contributed by atoms with Gasteiger partial charge in [0, 0.05) is 30.5 Å². The molecule has 0 aromatic carbocycles. The van der Waals surface area contributed by atoms with Crippen molar-refractivity contribution < 1.29 is 0 Å². The van der Waals surface area contributed by atoms with Crippen molar-refractivity contribution in [2.45, 2.75) is 40.0 Å². The second-order valence-electron chi connectivity index (χ2n) is 6.18. The molecule has 102 valence electrons. The van der Waals surface area contributed by atoms with Gasteiger partial charge in [-0.05, 0) is 32.1 Å². The zero-order chi connectivity index (χ0) is 13.6. The second-order valence-corrected chi connectivity index (χ2v) is 6.18. The molecule has 0 saturated carbocycles. The molecule has 0 spiro atoms. The molecule has 4 unspecified atom stereocenters. The van der Waals surface area contributed by atoms with Crippen LogP contribution in [0.25, 0.3) is 0 Å². The number of rotatable bonds is 0. The molecule has 0 saturated heterocycles. The predicted molar refractivity (Wildman–Crippen MR) is 80.5 cm³/mol. The van der Waals surface area contributed by atoms with E-state index in [2.05, 4.69) is 30.8 Å². The number of amidine groups is 3. The number of nitrogens with zero attached hydrogens (tertiary/aromatic N) is 4. The standard InChI is InChI=1S/C15H22N4/c1-8-5-11-7-12-6-9(2)13(16-4)18-15(12)19-14(11)17-10(8)3/h8-9,11-12H,5-7H2,1-4H3. The molecular weight excluding hydrogens is 236 g/mol. The van der Waals surface area contributed by atoms with Gasteiger partial charge in [0.2, 0.25) is 0 Å². The van der Waals surface area contributed by atoms with Gasteiger partial charge in [-0.1, -0.05) is 13.8 Å². The summed E-state index contributed by atoms with van der Waals surface area (Å²) >= 11 is 0. The Labute approximate surface area is 114 Å². The average Bonchev–Trinajstić information content (AvgIpc) is 2.38. The fourth-order valence-corrected chi connectivity index (χ4v) is 3.41. The van der Waals surface area contributed by atoms with Crippen molar-refractivity contribution in [1.82, 2.24) is 0 Å². The highest BCUT2D eigenvalue weighted by molar-refractivity contribution is 6.11. The highest BCUT2D eigenvalue weighted by atomic mass is 15.1. The Bertz CT molecular complexity index is 512. The summed E-state index contributed by atoms with van der Waals surface area (Å²) in [7, 11) is 1.82. The first-order chi connectivity index (χ1) is 9.08. The van der Waals surface area contributed by atoms with Gasteiger partial charge in [-0.2, -0.15) is 0 Å². The number of fused-ring (bicyclic) bond motifs is 2. The van der Waals surface area contributed by atoms with E-state index in [0.29, 0.717) is 23.7 Å². The average molecular weight is 258 g/mol.